The van der Waals surface area contributed by atoms with Gasteiger partial charge < -0.3 is 4.74 Å². The van der Waals surface area contributed by atoms with Gasteiger partial charge in [0.1, 0.15) is 5.75 Å². The third kappa shape index (κ3) is 2.82. The highest BCUT2D eigenvalue weighted by Crippen LogP contribution is 2.35. The molecule has 0 atom stereocenters. The van der Waals surface area contributed by atoms with Crippen LogP contribution in [0.4, 0.5) is 0 Å². The third-order valence-corrected chi connectivity index (χ3v) is 2.76. The monoisotopic (exact) mass is 319 g/mol. The van der Waals surface area contributed by atoms with E-state index in [1.807, 2.05) is 18.2 Å². The zero-order valence-corrected chi connectivity index (χ0v) is 11.2. The molecular formula is C10H11Br2NO. The van der Waals surface area contributed by atoms with Crippen molar-refractivity contribution >= 4 is 38.1 Å². The van der Waals surface area contributed by atoms with Gasteiger partial charge in [-0.2, -0.15) is 0 Å². The van der Waals surface area contributed by atoms with E-state index in [4.69, 9.17) is 4.74 Å². The molecule has 0 aliphatic carbocycles. The van der Waals surface area contributed by atoms with Crippen molar-refractivity contribution in [3.63, 3.8) is 0 Å². The van der Waals surface area contributed by atoms with Crippen molar-refractivity contribution < 1.29 is 4.74 Å². The molecule has 0 radical (unpaired) electrons. The number of aliphatic imine (C=N–C) groups is 1. The zero-order valence-electron chi connectivity index (χ0n) is 8.00. The van der Waals surface area contributed by atoms with E-state index in [0.717, 1.165) is 16.9 Å². The van der Waals surface area contributed by atoms with Gasteiger partial charge in [-0.05, 0) is 11.6 Å². The molecule has 0 saturated heterocycles. The van der Waals surface area contributed by atoms with E-state index < -0.39 is 0 Å². The van der Waals surface area contributed by atoms with Crippen LogP contribution in [0.25, 0.3) is 0 Å². The van der Waals surface area contributed by atoms with Gasteiger partial charge in [0.05, 0.1) is 10.8 Å². The van der Waals surface area contributed by atoms with Gasteiger partial charge in [0.15, 0.2) is 0 Å². The third-order valence-electron chi connectivity index (χ3n) is 1.77. The van der Waals surface area contributed by atoms with Gasteiger partial charge in [0.25, 0.3) is 0 Å². The quantitative estimate of drug-likeness (QED) is 0.616. The molecular weight excluding hydrogens is 310 g/mol. The summed E-state index contributed by atoms with van der Waals surface area (Å²) in [6.45, 7) is 0. The summed E-state index contributed by atoms with van der Waals surface area (Å²) in [7, 11) is 3.41. The molecule has 4 heteroatoms. The van der Waals surface area contributed by atoms with Crippen LogP contribution in [-0.4, -0.2) is 20.4 Å². The summed E-state index contributed by atoms with van der Waals surface area (Å²) in [5.41, 5.74) is 2.11. The van der Waals surface area contributed by atoms with Crippen LogP contribution in [0.5, 0.6) is 5.75 Å². The maximum atomic E-state index is 5.27. The molecule has 0 aromatic heterocycles. The molecule has 0 fully saturated rings. The van der Waals surface area contributed by atoms with E-state index in [1.165, 1.54) is 0 Å². The fourth-order valence-corrected chi connectivity index (χ4v) is 1.89. The number of alkyl halides is 2. The van der Waals surface area contributed by atoms with Crippen molar-refractivity contribution in [1.82, 2.24) is 0 Å². The molecule has 0 heterocycles. The van der Waals surface area contributed by atoms with E-state index >= 15 is 0 Å². The second-order valence-corrected chi connectivity index (χ2v) is 5.75. The number of rotatable bonds is 3. The molecule has 1 aromatic carbocycles. The summed E-state index contributed by atoms with van der Waals surface area (Å²) in [4.78, 5) is 3.95. The summed E-state index contributed by atoms with van der Waals surface area (Å²) in [5, 5.41) is 0. The lowest BCUT2D eigenvalue weighted by Gasteiger charge is -2.09. The predicted molar refractivity (Wildman–Crippen MR) is 67.1 cm³/mol. The summed E-state index contributed by atoms with van der Waals surface area (Å²) in [6, 6.07) is 5.96. The highest BCUT2D eigenvalue weighted by Gasteiger charge is 2.09. The molecule has 1 rings (SSSR count). The Balaban J connectivity index is 3.11. The van der Waals surface area contributed by atoms with Crippen LogP contribution in [0, 0.1) is 0 Å². The van der Waals surface area contributed by atoms with Crippen LogP contribution in [0.3, 0.4) is 0 Å². The van der Waals surface area contributed by atoms with Crippen molar-refractivity contribution in [1.29, 1.82) is 0 Å². The lowest BCUT2D eigenvalue weighted by molar-refractivity contribution is 0.411. The van der Waals surface area contributed by atoms with Crippen LogP contribution >= 0.6 is 31.9 Å². The molecule has 0 N–H and O–H groups in total. The number of methoxy groups -OCH3 is 1. The topological polar surface area (TPSA) is 21.6 Å². The summed E-state index contributed by atoms with van der Waals surface area (Å²) in [5.74, 6) is 0.848. The summed E-state index contributed by atoms with van der Waals surface area (Å²) >= 11 is 6.88. The number of ether oxygens (including phenoxy) is 1. The molecule has 0 aliphatic rings. The Bertz CT molecular complexity index is 337. The van der Waals surface area contributed by atoms with Gasteiger partial charge in [0.2, 0.25) is 0 Å². The molecule has 76 valence electrons. The first-order valence-corrected chi connectivity index (χ1v) is 5.90. The van der Waals surface area contributed by atoms with Crippen LogP contribution in [-0.2, 0) is 0 Å². The van der Waals surface area contributed by atoms with Crippen LogP contribution in [0.15, 0.2) is 23.2 Å². The average molecular weight is 321 g/mol. The van der Waals surface area contributed by atoms with Gasteiger partial charge >= 0.3 is 0 Å². The van der Waals surface area contributed by atoms with Crippen molar-refractivity contribution in [2.24, 2.45) is 4.99 Å². The lowest BCUT2D eigenvalue weighted by Crippen LogP contribution is -1.92. The minimum absolute atomic E-state index is 0.109. The smallest absolute Gasteiger partial charge is 0.124 e. The number of halogens is 2. The van der Waals surface area contributed by atoms with Crippen LogP contribution in [0.2, 0.25) is 0 Å². The number of hydrogen-bond acceptors (Lipinski definition) is 2. The van der Waals surface area contributed by atoms with Crippen LogP contribution < -0.4 is 4.74 Å². The van der Waals surface area contributed by atoms with Crippen LogP contribution in [0.1, 0.15) is 14.9 Å². The maximum Gasteiger partial charge on any atom is 0.124 e. The minimum Gasteiger partial charge on any atom is -0.496 e. The maximum absolute atomic E-state index is 5.27. The molecule has 0 unspecified atom stereocenters. The highest BCUT2D eigenvalue weighted by molar-refractivity contribution is 9.24. The first-order chi connectivity index (χ1) is 6.69. The fraction of sp³-hybridized carbons (Fsp3) is 0.300. The first kappa shape index (κ1) is 11.7. The van der Waals surface area contributed by atoms with Gasteiger partial charge in [-0.1, -0.05) is 44.0 Å². The second-order valence-electron chi connectivity index (χ2n) is 2.69. The summed E-state index contributed by atoms with van der Waals surface area (Å²) in [6.07, 6.45) is 1.80. The second kappa shape index (κ2) is 5.51. The normalized spacial score (nSPS) is 11.2. The molecule has 14 heavy (non-hydrogen) atoms. The van der Waals surface area contributed by atoms with E-state index in [2.05, 4.69) is 36.9 Å². The van der Waals surface area contributed by atoms with Gasteiger partial charge in [-0.25, -0.2) is 0 Å². The molecule has 0 saturated carbocycles. The molecule has 0 bridgehead atoms. The first-order valence-electron chi connectivity index (χ1n) is 4.07. The van der Waals surface area contributed by atoms with Gasteiger partial charge in [0, 0.05) is 18.8 Å². The Hall–Kier alpha value is -0.350. The Morgan fingerprint density at radius 1 is 1.43 bits per heavy atom. The molecule has 1 aromatic rings. The van der Waals surface area contributed by atoms with E-state index in [0.29, 0.717) is 0 Å². The standard InChI is InChI=1S/C10H11Br2NO/c1-13-6-7-3-4-8(10(11)12)9(5-7)14-2/h3-6,10H,1-2H3. The van der Waals surface area contributed by atoms with Gasteiger partial charge in [-0.3, -0.25) is 4.99 Å². The average Bonchev–Trinajstić information content (AvgIpc) is 2.17. The van der Waals surface area contributed by atoms with E-state index in [1.54, 1.807) is 20.4 Å². The molecule has 0 amide bonds. The number of benzene rings is 1. The lowest BCUT2D eigenvalue weighted by atomic mass is 10.1. The Kier molecular flexibility index (Phi) is 4.62. The molecule has 0 spiro atoms. The fourth-order valence-electron chi connectivity index (χ4n) is 1.14. The Morgan fingerprint density at radius 2 is 2.14 bits per heavy atom. The van der Waals surface area contributed by atoms with Gasteiger partial charge in [-0.15, -0.1) is 0 Å². The van der Waals surface area contributed by atoms with Crippen molar-refractivity contribution in [3.8, 4) is 5.75 Å². The van der Waals surface area contributed by atoms with Crippen molar-refractivity contribution in [2.75, 3.05) is 14.2 Å². The Labute approximate surface area is 101 Å². The van der Waals surface area contributed by atoms with Crippen molar-refractivity contribution in [3.05, 3.63) is 29.3 Å². The summed E-state index contributed by atoms with van der Waals surface area (Å²) < 4.78 is 5.38. The Morgan fingerprint density at radius 3 is 2.64 bits per heavy atom. The van der Waals surface area contributed by atoms with E-state index in [9.17, 15) is 0 Å². The zero-order chi connectivity index (χ0) is 10.6. The SMILES string of the molecule is CN=Cc1ccc(C(Br)Br)c(OC)c1. The minimum atomic E-state index is 0.109. The number of nitrogens with zero attached hydrogens (tertiary/aromatic N) is 1. The molecule has 0 aliphatic heterocycles. The van der Waals surface area contributed by atoms with E-state index in [-0.39, 0.29) is 3.74 Å². The predicted octanol–water partition coefficient (Wildman–Crippen LogP) is 3.53. The van der Waals surface area contributed by atoms with Crippen molar-refractivity contribution in [2.45, 2.75) is 3.74 Å². The molecule has 2 nitrogen and oxygen atoms in total. The highest BCUT2D eigenvalue weighted by atomic mass is 79.9. The largest absolute Gasteiger partial charge is 0.496 e. The number of hydrogen-bond donors (Lipinski definition) is 0.